The van der Waals surface area contributed by atoms with Gasteiger partial charge in [-0.25, -0.2) is 4.79 Å². The summed E-state index contributed by atoms with van der Waals surface area (Å²) in [6.45, 7) is 14.5. The van der Waals surface area contributed by atoms with Crippen LogP contribution in [0.4, 0.5) is 0 Å². The SMILES string of the molecule is CC(=O)O[C@@H]1C[C@]2(C)[C@H](C[C@H](O)[C@@H]3[C@]4(C)CC[C@H](O)[C@@H](C)[C@@H]4CC[C@@]32C)/C1=C(/CCC=C(C)C)C(=O)O. The summed E-state index contributed by atoms with van der Waals surface area (Å²) >= 11 is 0. The van der Waals surface area contributed by atoms with Gasteiger partial charge in [0.05, 0.1) is 12.2 Å². The molecule has 4 aliphatic carbocycles. The summed E-state index contributed by atoms with van der Waals surface area (Å²) in [5.41, 5.74) is 1.57. The van der Waals surface area contributed by atoms with Gasteiger partial charge in [-0.2, -0.15) is 0 Å². The molecule has 0 aliphatic heterocycles. The smallest absolute Gasteiger partial charge is 0.331 e. The van der Waals surface area contributed by atoms with E-state index in [9.17, 15) is 24.9 Å². The number of ether oxygens (including phenoxy) is 1. The molecule has 37 heavy (non-hydrogen) atoms. The van der Waals surface area contributed by atoms with Crippen molar-refractivity contribution in [1.82, 2.24) is 0 Å². The Bertz CT molecular complexity index is 994. The first kappa shape index (κ1) is 28.4. The minimum Gasteiger partial charge on any atom is -0.478 e. The number of aliphatic hydroxyl groups excluding tert-OH is 2. The van der Waals surface area contributed by atoms with E-state index in [0.717, 1.165) is 36.8 Å². The van der Waals surface area contributed by atoms with Gasteiger partial charge in [0.25, 0.3) is 0 Å². The third-order valence-electron chi connectivity index (χ3n) is 11.6. The van der Waals surface area contributed by atoms with Crippen LogP contribution in [0.2, 0.25) is 0 Å². The minimum atomic E-state index is -0.953. The fraction of sp³-hybridized carbons (Fsp3) is 0.806. The molecule has 0 aromatic rings. The Morgan fingerprint density at radius 2 is 1.70 bits per heavy atom. The zero-order chi connectivity index (χ0) is 27.5. The lowest BCUT2D eigenvalue weighted by Crippen LogP contribution is -2.65. The fourth-order valence-corrected chi connectivity index (χ4v) is 9.79. The molecule has 0 unspecified atom stereocenters. The van der Waals surface area contributed by atoms with Gasteiger partial charge in [-0.3, -0.25) is 4.79 Å². The highest BCUT2D eigenvalue weighted by Crippen LogP contribution is 2.74. The molecule has 0 heterocycles. The number of hydrogen-bond acceptors (Lipinski definition) is 5. The van der Waals surface area contributed by atoms with Crippen molar-refractivity contribution in [2.75, 3.05) is 0 Å². The number of fused-ring (bicyclic) bond motifs is 5. The normalized spacial score (nSPS) is 46.2. The van der Waals surface area contributed by atoms with Crippen molar-refractivity contribution in [2.45, 2.75) is 118 Å². The molecule has 3 N–H and O–H groups in total. The number of carbonyl (C=O) groups excluding carboxylic acids is 1. The van der Waals surface area contributed by atoms with E-state index in [2.05, 4.69) is 27.7 Å². The van der Waals surface area contributed by atoms with Gasteiger partial charge >= 0.3 is 11.9 Å². The number of aliphatic carboxylic acids is 1. The van der Waals surface area contributed by atoms with Crippen LogP contribution in [0, 0.1) is 39.9 Å². The van der Waals surface area contributed by atoms with Crippen LogP contribution < -0.4 is 0 Å². The number of hydrogen-bond donors (Lipinski definition) is 3. The summed E-state index contributed by atoms with van der Waals surface area (Å²) in [4.78, 5) is 24.8. The molecule has 6 nitrogen and oxygen atoms in total. The summed E-state index contributed by atoms with van der Waals surface area (Å²) in [6.07, 6.45) is 6.22. The molecule has 208 valence electrons. The first-order valence-electron chi connectivity index (χ1n) is 14.3. The maximum absolute atomic E-state index is 12.6. The highest BCUT2D eigenvalue weighted by molar-refractivity contribution is 5.88. The summed E-state index contributed by atoms with van der Waals surface area (Å²) in [7, 11) is 0. The van der Waals surface area contributed by atoms with E-state index in [1.165, 1.54) is 6.92 Å². The largest absolute Gasteiger partial charge is 0.478 e. The Morgan fingerprint density at radius 1 is 1.03 bits per heavy atom. The Morgan fingerprint density at radius 3 is 2.30 bits per heavy atom. The van der Waals surface area contributed by atoms with Crippen molar-refractivity contribution in [3.8, 4) is 0 Å². The number of aliphatic hydroxyl groups is 2. The molecule has 0 radical (unpaired) electrons. The maximum Gasteiger partial charge on any atom is 0.331 e. The molecule has 0 aromatic carbocycles. The summed E-state index contributed by atoms with van der Waals surface area (Å²) in [5.74, 6) is -0.909. The topological polar surface area (TPSA) is 104 Å². The van der Waals surface area contributed by atoms with Gasteiger partial charge in [0.1, 0.15) is 6.10 Å². The van der Waals surface area contributed by atoms with E-state index in [4.69, 9.17) is 4.74 Å². The molecule has 0 spiro atoms. The Labute approximate surface area is 222 Å². The van der Waals surface area contributed by atoms with E-state index >= 15 is 0 Å². The number of allylic oxidation sites excluding steroid dienone is 2. The van der Waals surface area contributed by atoms with E-state index in [-0.39, 0.29) is 40.1 Å². The lowest BCUT2D eigenvalue weighted by molar-refractivity contribution is -0.234. The molecular formula is C31H48O6. The molecule has 4 saturated carbocycles. The summed E-state index contributed by atoms with van der Waals surface area (Å²) in [6, 6.07) is 0. The van der Waals surface area contributed by atoms with Gasteiger partial charge in [0, 0.05) is 12.5 Å². The van der Waals surface area contributed by atoms with Crippen molar-refractivity contribution in [2.24, 2.45) is 39.9 Å². The Kier molecular flexibility index (Phi) is 7.53. The van der Waals surface area contributed by atoms with Crippen LogP contribution in [0.15, 0.2) is 22.8 Å². The highest BCUT2D eigenvalue weighted by Gasteiger charge is 2.70. The average Bonchev–Trinajstić information content (AvgIpc) is 3.05. The number of carboxylic acid groups (broad SMARTS) is 1. The van der Waals surface area contributed by atoms with Crippen LogP contribution in [0.3, 0.4) is 0 Å². The van der Waals surface area contributed by atoms with Crippen LogP contribution in [-0.2, 0) is 14.3 Å². The lowest BCUT2D eigenvalue weighted by atomic mass is 9.36. The number of carbonyl (C=O) groups is 2. The van der Waals surface area contributed by atoms with Crippen molar-refractivity contribution in [3.05, 3.63) is 22.8 Å². The van der Waals surface area contributed by atoms with Gasteiger partial charge in [-0.1, -0.05) is 39.3 Å². The predicted octanol–water partition coefficient (Wildman–Crippen LogP) is 5.67. The molecule has 4 rings (SSSR count). The van der Waals surface area contributed by atoms with Crippen molar-refractivity contribution >= 4 is 11.9 Å². The highest BCUT2D eigenvalue weighted by atomic mass is 16.5. The zero-order valence-electron chi connectivity index (χ0n) is 23.8. The standard InChI is InChI=1S/C31H48O6/c1-17(2)9-8-10-20(28(35)36)26-22-15-24(34)27-29(5)13-12-23(33)18(3)21(29)11-14-30(27,6)31(22,7)16-25(26)37-19(4)32/h9,18,21-25,27,33-34H,8,10-16H2,1-7H3,(H,35,36)/b26-20+/t18-,21-,22+,23-,24-,25+,27+,29+,30-,31+/m0/s1. The molecule has 4 aliphatic rings. The zero-order valence-corrected chi connectivity index (χ0v) is 23.8. The molecule has 0 bridgehead atoms. The molecular weight excluding hydrogens is 468 g/mol. The van der Waals surface area contributed by atoms with E-state index in [0.29, 0.717) is 37.2 Å². The van der Waals surface area contributed by atoms with E-state index in [1.54, 1.807) is 0 Å². The minimum absolute atomic E-state index is 0.0474. The van der Waals surface area contributed by atoms with Crippen molar-refractivity contribution in [1.29, 1.82) is 0 Å². The van der Waals surface area contributed by atoms with Gasteiger partial charge in [-0.05, 0) is 111 Å². The first-order valence-corrected chi connectivity index (χ1v) is 14.3. The second-order valence-corrected chi connectivity index (χ2v) is 13.6. The number of carboxylic acids is 1. The van der Waals surface area contributed by atoms with Crippen LogP contribution in [-0.4, -0.2) is 45.6 Å². The van der Waals surface area contributed by atoms with E-state index < -0.39 is 24.1 Å². The lowest BCUT2D eigenvalue weighted by Gasteiger charge is -2.69. The van der Waals surface area contributed by atoms with Crippen LogP contribution in [0.5, 0.6) is 0 Å². The van der Waals surface area contributed by atoms with Gasteiger partial charge in [-0.15, -0.1) is 0 Å². The second kappa shape index (κ2) is 9.82. The maximum atomic E-state index is 12.6. The van der Waals surface area contributed by atoms with Crippen molar-refractivity contribution < 1.29 is 29.6 Å². The quantitative estimate of drug-likeness (QED) is 0.247. The Balaban J connectivity index is 1.82. The van der Waals surface area contributed by atoms with Crippen molar-refractivity contribution in [3.63, 3.8) is 0 Å². The second-order valence-electron chi connectivity index (χ2n) is 13.6. The van der Waals surface area contributed by atoms with Gasteiger partial charge in [0.2, 0.25) is 0 Å². The van der Waals surface area contributed by atoms with E-state index in [1.807, 2.05) is 19.9 Å². The fourth-order valence-electron chi connectivity index (χ4n) is 9.79. The molecule has 4 fully saturated rings. The number of rotatable bonds is 5. The summed E-state index contributed by atoms with van der Waals surface area (Å²) < 4.78 is 5.87. The van der Waals surface area contributed by atoms with Crippen LogP contribution in [0.25, 0.3) is 0 Å². The van der Waals surface area contributed by atoms with Crippen LogP contribution in [0.1, 0.15) is 99.8 Å². The predicted molar refractivity (Wildman–Crippen MR) is 143 cm³/mol. The number of esters is 1. The average molecular weight is 517 g/mol. The summed E-state index contributed by atoms with van der Waals surface area (Å²) in [5, 5.41) is 32.9. The van der Waals surface area contributed by atoms with Gasteiger partial charge < -0.3 is 20.1 Å². The monoisotopic (exact) mass is 516 g/mol. The molecule has 0 aromatic heterocycles. The Hall–Kier alpha value is -1.66. The molecule has 0 amide bonds. The molecule has 0 saturated heterocycles. The third-order valence-corrected chi connectivity index (χ3v) is 11.6. The molecule has 10 atom stereocenters. The first-order chi connectivity index (χ1) is 17.2. The third kappa shape index (κ3) is 4.40. The van der Waals surface area contributed by atoms with Gasteiger partial charge in [0.15, 0.2) is 0 Å². The molecule has 6 heteroatoms. The van der Waals surface area contributed by atoms with Crippen LogP contribution >= 0.6 is 0 Å².